The molecule has 0 radical (unpaired) electrons. The summed E-state index contributed by atoms with van der Waals surface area (Å²) in [4.78, 5) is 12.4. The van der Waals surface area contributed by atoms with Crippen molar-refractivity contribution < 1.29 is 18.0 Å². The Bertz CT molecular complexity index is 1020. The van der Waals surface area contributed by atoms with Gasteiger partial charge >= 0.3 is 0 Å². The maximum atomic E-state index is 13.7. The molecule has 6 nitrogen and oxygen atoms in total. The highest BCUT2D eigenvalue weighted by Gasteiger charge is 2.22. The zero-order valence-electron chi connectivity index (χ0n) is 15.3. The first-order valence-electron chi connectivity index (χ1n) is 8.41. The van der Waals surface area contributed by atoms with Crippen molar-refractivity contribution in [3.8, 4) is 11.4 Å². The number of furan rings is 1. The number of halogens is 2. The van der Waals surface area contributed by atoms with E-state index in [1.165, 1.54) is 0 Å². The molecule has 0 saturated carbocycles. The SMILES string of the molecule is C=CCn1c(SC(C)C(=O)Nc2cc(F)ccc2F)nnc1-c1ccoc1C. The Morgan fingerprint density at radius 1 is 1.39 bits per heavy atom. The fraction of sp³-hybridized carbons (Fsp3) is 0.211. The summed E-state index contributed by atoms with van der Waals surface area (Å²) >= 11 is 1.15. The summed E-state index contributed by atoms with van der Waals surface area (Å²) in [5.74, 6) is -0.537. The van der Waals surface area contributed by atoms with Crippen LogP contribution in [0.2, 0.25) is 0 Å². The van der Waals surface area contributed by atoms with Gasteiger partial charge in [-0.1, -0.05) is 17.8 Å². The second kappa shape index (κ2) is 8.39. The first-order chi connectivity index (χ1) is 13.4. The maximum Gasteiger partial charge on any atom is 0.237 e. The number of carbonyl (C=O) groups is 1. The van der Waals surface area contributed by atoms with E-state index in [-0.39, 0.29) is 5.69 Å². The summed E-state index contributed by atoms with van der Waals surface area (Å²) in [6, 6.07) is 4.67. The number of allylic oxidation sites excluding steroid dienone is 1. The minimum Gasteiger partial charge on any atom is -0.469 e. The molecule has 0 aliphatic heterocycles. The highest BCUT2D eigenvalue weighted by Crippen LogP contribution is 2.29. The third-order valence-corrected chi connectivity index (χ3v) is 5.05. The number of hydrogen-bond acceptors (Lipinski definition) is 5. The minimum absolute atomic E-state index is 0.209. The van der Waals surface area contributed by atoms with E-state index in [1.54, 1.807) is 25.3 Å². The monoisotopic (exact) mass is 404 g/mol. The summed E-state index contributed by atoms with van der Waals surface area (Å²) in [5.41, 5.74) is 0.583. The number of nitrogens with zero attached hydrogens (tertiary/aromatic N) is 3. The fourth-order valence-corrected chi connectivity index (χ4v) is 3.38. The minimum atomic E-state index is -0.709. The molecule has 1 N–H and O–H groups in total. The lowest BCUT2D eigenvalue weighted by atomic mass is 10.2. The van der Waals surface area contributed by atoms with Crippen LogP contribution >= 0.6 is 11.8 Å². The van der Waals surface area contributed by atoms with Gasteiger partial charge in [0.1, 0.15) is 17.4 Å². The standard InChI is InChI=1S/C19H18F2N4O2S/c1-4-8-25-17(14-7-9-27-11(14)2)23-24-19(25)28-12(3)18(26)22-16-10-13(20)5-6-15(16)21/h4-7,9-10,12H,1,8H2,2-3H3,(H,22,26). The number of aromatic nitrogens is 3. The number of amides is 1. The zero-order chi connectivity index (χ0) is 20.3. The summed E-state index contributed by atoms with van der Waals surface area (Å²) in [7, 11) is 0. The van der Waals surface area contributed by atoms with Gasteiger partial charge in [0.05, 0.1) is 22.8 Å². The number of hydrogen-bond donors (Lipinski definition) is 1. The van der Waals surface area contributed by atoms with Crippen LogP contribution in [-0.4, -0.2) is 25.9 Å². The normalized spacial score (nSPS) is 12.0. The number of aryl methyl sites for hydroxylation is 1. The Morgan fingerprint density at radius 2 is 2.18 bits per heavy atom. The molecule has 28 heavy (non-hydrogen) atoms. The molecular weight excluding hydrogens is 386 g/mol. The number of nitrogens with one attached hydrogen (secondary N) is 1. The van der Waals surface area contributed by atoms with E-state index in [2.05, 4.69) is 22.1 Å². The van der Waals surface area contributed by atoms with Crippen LogP contribution in [0.15, 0.2) is 52.8 Å². The van der Waals surface area contributed by atoms with Crippen molar-refractivity contribution in [1.29, 1.82) is 0 Å². The highest BCUT2D eigenvalue weighted by molar-refractivity contribution is 8.00. The molecule has 1 atom stereocenters. The summed E-state index contributed by atoms with van der Waals surface area (Å²) in [5, 5.41) is 10.6. The lowest BCUT2D eigenvalue weighted by Crippen LogP contribution is -2.23. The molecule has 0 bridgehead atoms. The van der Waals surface area contributed by atoms with Crippen LogP contribution in [0, 0.1) is 18.6 Å². The molecule has 3 aromatic rings. The van der Waals surface area contributed by atoms with Crippen LogP contribution in [0.3, 0.4) is 0 Å². The molecule has 1 unspecified atom stereocenters. The van der Waals surface area contributed by atoms with Crippen molar-refractivity contribution in [2.75, 3.05) is 5.32 Å². The van der Waals surface area contributed by atoms with E-state index in [1.807, 2.05) is 11.5 Å². The van der Waals surface area contributed by atoms with Crippen molar-refractivity contribution in [2.24, 2.45) is 0 Å². The van der Waals surface area contributed by atoms with E-state index >= 15 is 0 Å². The molecule has 0 fully saturated rings. The first kappa shape index (κ1) is 19.8. The molecular formula is C19H18F2N4O2S. The number of benzene rings is 1. The fourth-order valence-electron chi connectivity index (χ4n) is 2.53. The second-order valence-corrected chi connectivity index (χ2v) is 7.28. The number of carbonyl (C=O) groups excluding carboxylic acids is 1. The largest absolute Gasteiger partial charge is 0.469 e. The van der Waals surface area contributed by atoms with Gasteiger partial charge in [0, 0.05) is 12.6 Å². The van der Waals surface area contributed by atoms with E-state index in [0.29, 0.717) is 23.3 Å². The summed E-state index contributed by atoms with van der Waals surface area (Å²) in [6.07, 6.45) is 3.26. The molecule has 0 saturated heterocycles. The molecule has 0 aliphatic carbocycles. The topological polar surface area (TPSA) is 73.0 Å². The van der Waals surface area contributed by atoms with E-state index in [4.69, 9.17) is 4.42 Å². The predicted molar refractivity (Wildman–Crippen MR) is 103 cm³/mol. The Morgan fingerprint density at radius 3 is 2.86 bits per heavy atom. The summed E-state index contributed by atoms with van der Waals surface area (Å²) < 4.78 is 34.2. The van der Waals surface area contributed by atoms with Crippen molar-refractivity contribution >= 4 is 23.4 Å². The lowest BCUT2D eigenvalue weighted by molar-refractivity contribution is -0.115. The maximum absolute atomic E-state index is 13.7. The molecule has 1 aromatic carbocycles. The molecule has 2 heterocycles. The van der Waals surface area contributed by atoms with Gasteiger partial charge in [-0.15, -0.1) is 16.8 Å². The average Bonchev–Trinajstić information content (AvgIpc) is 3.24. The first-order valence-corrected chi connectivity index (χ1v) is 9.29. The van der Waals surface area contributed by atoms with Gasteiger partial charge in [-0.2, -0.15) is 0 Å². The van der Waals surface area contributed by atoms with Gasteiger partial charge in [-0.3, -0.25) is 9.36 Å². The lowest BCUT2D eigenvalue weighted by Gasteiger charge is -2.13. The van der Waals surface area contributed by atoms with Crippen LogP contribution in [0.4, 0.5) is 14.5 Å². The second-order valence-electron chi connectivity index (χ2n) is 5.97. The highest BCUT2D eigenvalue weighted by atomic mass is 32.2. The third-order valence-electron chi connectivity index (χ3n) is 3.97. The molecule has 0 spiro atoms. The van der Waals surface area contributed by atoms with Gasteiger partial charge in [0.2, 0.25) is 5.91 Å². The van der Waals surface area contributed by atoms with Crippen molar-refractivity contribution in [1.82, 2.24) is 14.8 Å². The summed E-state index contributed by atoms with van der Waals surface area (Å²) in [6.45, 7) is 7.64. The van der Waals surface area contributed by atoms with E-state index < -0.39 is 22.8 Å². The van der Waals surface area contributed by atoms with Crippen LogP contribution in [0.25, 0.3) is 11.4 Å². The number of thioether (sulfide) groups is 1. The molecule has 9 heteroatoms. The van der Waals surface area contributed by atoms with Crippen LogP contribution < -0.4 is 5.32 Å². The van der Waals surface area contributed by atoms with Gasteiger partial charge in [-0.05, 0) is 32.0 Å². The van der Waals surface area contributed by atoms with Crippen molar-refractivity contribution in [2.45, 2.75) is 30.8 Å². The Kier molecular flexibility index (Phi) is 5.93. The van der Waals surface area contributed by atoms with E-state index in [0.717, 1.165) is 35.5 Å². The Balaban J connectivity index is 1.80. The number of rotatable bonds is 7. The molecule has 0 aliphatic rings. The van der Waals surface area contributed by atoms with Gasteiger partial charge in [0.25, 0.3) is 0 Å². The molecule has 1 amide bonds. The molecule has 146 valence electrons. The van der Waals surface area contributed by atoms with E-state index in [9.17, 15) is 13.6 Å². The predicted octanol–water partition coefficient (Wildman–Crippen LogP) is 4.43. The smallest absolute Gasteiger partial charge is 0.237 e. The molecule has 3 rings (SSSR count). The Labute approximate surface area is 164 Å². The van der Waals surface area contributed by atoms with Gasteiger partial charge < -0.3 is 9.73 Å². The van der Waals surface area contributed by atoms with Crippen molar-refractivity contribution in [3.63, 3.8) is 0 Å². The van der Waals surface area contributed by atoms with Crippen molar-refractivity contribution in [3.05, 3.63) is 60.6 Å². The zero-order valence-corrected chi connectivity index (χ0v) is 16.1. The van der Waals surface area contributed by atoms with Gasteiger partial charge in [-0.25, -0.2) is 8.78 Å². The van der Waals surface area contributed by atoms with Crippen LogP contribution in [0.5, 0.6) is 0 Å². The number of anilines is 1. The quantitative estimate of drug-likeness (QED) is 0.466. The van der Waals surface area contributed by atoms with Gasteiger partial charge in [0.15, 0.2) is 11.0 Å². The third kappa shape index (κ3) is 4.14. The average molecular weight is 404 g/mol. The van der Waals surface area contributed by atoms with Crippen LogP contribution in [0.1, 0.15) is 12.7 Å². The Hall–Kier alpha value is -2.94. The molecule has 2 aromatic heterocycles. The van der Waals surface area contributed by atoms with Crippen LogP contribution in [-0.2, 0) is 11.3 Å².